The van der Waals surface area contributed by atoms with Crippen LogP contribution in [0.2, 0.25) is 0 Å². The van der Waals surface area contributed by atoms with Crippen LogP contribution in [0.4, 0.5) is 4.79 Å². The molecule has 18 heavy (non-hydrogen) atoms. The molecule has 0 saturated carbocycles. The van der Waals surface area contributed by atoms with Gasteiger partial charge in [0.1, 0.15) is 5.92 Å². The molecule has 7 heteroatoms. The highest BCUT2D eigenvalue weighted by atomic mass is 16.5. The molecule has 0 spiro atoms. The molecule has 4 N–H and O–H groups in total. The lowest BCUT2D eigenvalue weighted by Gasteiger charge is -2.30. The predicted molar refractivity (Wildman–Crippen MR) is 65.2 cm³/mol. The molecule has 1 saturated heterocycles. The van der Waals surface area contributed by atoms with Gasteiger partial charge in [-0.2, -0.15) is 0 Å². The van der Waals surface area contributed by atoms with Crippen LogP contribution in [-0.4, -0.2) is 60.9 Å². The average molecular weight is 259 g/mol. The second-order valence-corrected chi connectivity index (χ2v) is 4.26. The monoisotopic (exact) mass is 259 g/mol. The zero-order chi connectivity index (χ0) is 13.5. The Bertz CT molecular complexity index is 298. The Labute approximate surface area is 106 Å². The smallest absolute Gasteiger partial charge is 0.317 e. The van der Waals surface area contributed by atoms with Gasteiger partial charge in [-0.3, -0.25) is 4.79 Å². The summed E-state index contributed by atoms with van der Waals surface area (Å²) in [6.07, 6.45) is 0.763. The van der Waals surface area contributed by atoms with Gasteiger partial charge in [0.15, 0.2) is 0 Å². The summed E-state index contributed by atoms with van der Waals surface area (Å²) >= 11 is 0. The van der Waals surface area contributed by atoms with Crippen LogP contribution in [0.15, 0.2) is 0 Å². The van der Waals surface area contributed by atoms with Crippen molar-refractivity contribution < 1.29 is 19.4 Å². The average Bonchev–Trinajstić information content (AvgIpc) is 2.81. The van der Waals surface area contributed by atoms with E-state index in [0.29, 0.717) is 19.6 Å². The number of hydrogen-bond donors (Lipinski definition) is 3. The van der Waals surface area contributed by atoms with Crippen LogP contribution in [0.5, 0.6) is 0 Å². The van der Waals surface area contributed by atoms with Crippen molar-refractivity contribution in [3.05, 3.63) is 0 Å². The first kappa shape index (κ1) is 14.7. The maximum Gasteiger partial charge on any atom is 0.317 e. The van der Waals surface area contributed by atoms with Gasteiger partial charge in [-0.25, -0.2) is 4.79 Å². The molecule has 0 aliphatic carbocycles. The number of hydrogen-bond acceptors (Lipinski definition) is 4. The summed E-state index contributed by atoms with van der Waals surface area (Å²) in [5.74, 6) is -1.58. The minimum atomic E-state index is -0.926. The summed E-state index contributed by atoms with van der Waals surface area (Å²) in [5, 5.41) is 11.8. The Balaban J connectivity index is 2.70. The lowest BCUT2D eigenvalue weighted by atomic mass is 10.0. The van der Waals surface area contributed by atoms with Crippen LogP contribution < -0.4 is 11.1 Å². The molecule has 0 radical (unpaired) electrons. The second kappa shape index (κ2) is 7.17. The van der Waals surface area contributed by atoms with E-state index in [1.165, 1.54) is 0 Å². The van der Waals surface area contributed by atoms with Gasteiger partial charge in [0, 0.05) is 19.6 Å². The highest BCUT2D eigenvalue weighted by Crippen LogP contribution is 2.20. The fraction of sp³-hybridized carbons (Fsp3) is 0.818. The SMILES string of the molecule is CCCN(C(=O)NCCN)C1COCC1C(=O)O. The van der Waals surface area contributed by atoms with Crippen molar-refractivity contribution in [1.29, 1.82) is 0 Å². The summed E-state index contributed by atoms with van der Waals surface area (Å²) in [7, 11) is 0. The molecule has 0 aromatic heterocycles. The van der Waals surface area contributed by atoms with Crippen LogP contribution >= 0.6 is 0 Å². The first-order valence-electron chi connectivity index (χ1n) is 6.16. The van der Waals surface area contributed by atoms with Crippen molar-refractivity contribution in [2.75, 3.05) is 32.8 Å². The maximum atomic E-state index is 12.0. The Kier molecular flexibility index (Phi) is 5.87. The molecule has 2 unspecified atom stereocenters. The molecule has 1 fully saturated rings. The fourth-order valence-electron chi connectivity index (χ4n) is 2.03. The Morgan fingerprint density at radius 2 is 2.22 bits per heavy atom. The minimum absolute atomic E-state index is 0.157. The van der Waals surface area contributed by atoms with Crippen molar-refractivity contribution in [2.45, 2.75) is 19.4 Å². The maximum absolute atomic E-state index is 12.0. The van der Waals surface area contributed by atoms with E-state index in [1.54, 1.807) is 4.90 Å². The number of carboxylic acids is 1. The molecule has 1 aliphatic rings. The van der Waals surface area contributed by atoms with Crippen LogP contribution in [0.25, 0.3) is 0 Å². The van der Waals surface area contributed by atoms with E-state index in [1.807, 2.05) is 6.92 Å². The topological polar surface area (TPSA) is 105 Å². The van der Waals surface area contributed by atoms with Crippen molar-refractivity contribution in [2.24, 2.45) is 11.7 Å². The summed E-state index contributed by atoms with van der Waals surface area (Å²) in [6, 6.07) is -0.677. The fourth-order valence-corrected chi connectivity index (χ4v) is 2.03. The number of carbonyl (C=O) groups excluding carboxylic acids is 1. The summed E-state index contributed by atoms with van der Waals surface area (Å²) in [4.78, 5) is 24.6. The number of urea groups is 1. The molecule has 0 aromatic rings. The van der Waals surface area contributed by atoms with Gasteiger partial charge >= 0.3 is 12.0 Å². The number of carbonyl (C=O) groups is 2. The van der Waals surface area contributed by atoms with E-state index in [0.717, 1.165) is 6.42 Å². The molecule has 0 bridgehead atoms. The van der Waals surface area contributed by atoms with E-state index in [4.69, 9.17) is 15.6 Å². The molecule has 0 aromatic carbocycles. The molecule has 1 heterocycles. The Morgan fingerprint density at radius 3 is 2.78 bits per heavy atom. The number of nitrogens with zero attached hydrogens (tertiary/aromatic N) is 1. The molecular weight excluding hydrogens is 238 g/mol. The summed E-state index contributed by atoms with van der Waals surface area (Å²) in [5.41, 5.74) is 5.33. The largest absolute Gasteiger partial charge is 0.481 e. The molecule has 1 rings (SSSR count). The van der Waals surface area contributed by atoms with Crippen LogP contribution in [0.3, 0.4) is 0 Å². The number of carboxylic acid groups (broad SMARTS) is 1. The first-order valence-corrected chi connectivity index (χ1v) is 6.16. The van der Waals surface area contributed by atoms with Gasteiger partial charge in [-0.15, -0.1) is 0 Å². The van der Waals surface area contributed by atoms with Crippen molar-refractivity contribution >= 4 is 12.0 Å². The van der Waals surface area contributed by atoms with Crippen molar-refractivity contribution in [3.63, 3.8) is 0 Å². The Morgan fingerprint density at radius 1 is 1.50 bits per heavy atom. The molecule has 104 valence electrons. The normalized spacial score (nSPS) is 22.8. The van der Waals surface area contributed by atoms with Gasteiger partial charge in [0.2, 0.25) is 0 Å². The lowest BCUT2D eigenvalue weighted by molar-refractivity contribution is -0.142. The molecular formula is C11H21N3O4. The van der Waals surface area contributed by atoms with Crippen LogP contribution in [0.1, 0.15) is 13.3 Å². The van der Waals surface area contributed by atoms with Crippen LogP contribution in [-0.2, 0) is 9.53 Å². The highest BCUT2D eigenvalue weighted by Gasteiger charge is 2.39. The molecule has 2 amide bonds. The quantitative estimate of drug-likeness (QED) is 0.594. The van der Waals surface area contributed by atoms with Gasteiger partial charge in [-0.05, 0) is 6.42 Å². The van der Waals surface area contributed by atoms with Gasteiger partial charge < -0.3 is 25.8 Å². The number of ether oxygens (including phenoxy) is 1. The number of amides is 2. The minimum Gasteiger partial charge on any atom is -0.481 e. The number of rotatable bonds is 6. The number of nitrogens with one attached hydrogen (secondary N) is 1. The van der Waals surface area contributed by atoms with E-state index < -0.39 is 17.9 Å². The van der Waals surface area contributed by atoms with Crippen molar-refractivity contribution in [3.8, 4) is 0 Å². The zero-order valence-corrected chi connectivity index (χ0v) is 10.6. The van der Waals surface area contributed by atoms with Crippen LogP contribution in [0, 0.1) is 5.92 Å². The molecule has 1 aliphatic heterocycles. The predicted octanol–water partition coefficient (Wildman–Crippen LogP) is -0.534. The number of nitrogens with two attached hydrogens (primary N) is 1. The van der Waals surface area contributed by atoms with Gasteiger partial charge in [0.25, 0.3) is 0 Å². The van der Waals surface area contributed by atoms with Gasteiger partial charge in [0.05, 0.1) is 19.3 Å². The molecule has 2 atom stereocenters. The summed E-state index contributed by atoms with van der Waals surface area (Å²) in [6.45, 7) is 3.61. The van der Waals surface area contributed by atoms with Crippen molar-refractivity contribution in [1.82, 2.24) is 10.2 Å². The first-order chi connectivity index (χ1) is 8.61. The Hall–Kier alpha value is -1.34. The van der Waals surface area contributed by atoms with E-state index >= 15 is 0 Å². The molecule has 7 nitrogen and oxygen atoms in total. The van der Waals surface area contributed by atoms with E-state index in [9.17, 15) is 9.59 Å². The third kappa shape index (κ3) is 3.58. The van der Waals surface area contributed by atoms with E-state index in [-0.39, 0.29) is 19.2 Å². The standard InChI is InChI=1S/C11H21N3O4/c1-2-5-14(11(17)13-4-3-12)9-7-18-6-8(9)10(15)16/h8-9H,2-7,12H2,1H3,(H,13,17)(H,15,16). The third-order valence-electron chi connectivity index (χ3n) is 2.91. The third-order valence-corrected chi connectivity index (χ3v) is 2.91. The second-order valence-electron chi connectivity index (χ2n) is 4.26. The lowest BCUT2D eigenvalue weighted by Crippen LogP contribution is -2.51. The van der Waals surface area contributed by atoms with E-state index in [2.05, 4.69) is 5.32 Å². The highest BCUT2D eigenvalue weighted by molar-refractivity contribution is 5.77. The number of aliphatic carboxylic acids is 1. The summed E-state index contributed by atoms with van der Waals surface area (Å²) < 4.78 is 5.19. The van der Waals surface area contributed by atoms with Gasteiger partial charge in [-0.1, -0.05) is 6.92 Å². The zero-order valence-electron chi connectivity index (χ0n) is 10.6.